The molecule has 2 N–H and O–H groups in total. The number of hydrogen-bond acceptors (Lipinski definition) is 5. The van der Waals surface area contributed by atoms with Gasteiger partial charge in [0.2, 0.25) is 0 Å². The minimum absolute atomic E-state index is 0.236. The molecule has 0 unspecified atom stereocenters. The Kier molecular flexibility index (Phi) is 6.33. The summed E-state index contributed by atoms with van der Waals surface area (Å²) in [6, 6.07) is 15.3. The van der Waals surface area contributed by atoms with E-state index in [1.165, 1.54) is 0 Å². The van der Waals surface area contributed by atoms with Crippen molar-refractivity contribution in [2.45, 2.75) is 13.8 Å². The van der Waals surface area contributed by atoms with Gasteiger partial charge in [0.05, 0.1) is 5.69 Å². The molecule has 0 fully saturated rings. The van der Waals surface area contributed by atoms with Gasteiger partial charge in [-0.1, -0.05) is 15.9 Å². The minimum atomic E-state index is -0.607. The molecule has 0 radical (unpaired) electrons. The molecule has 0 bridgehead atoms. The molecule has 150 valence electrons. The van der Waals surface area contributed by atoms with Crippen LogP contribution < -0.4 is 15.8 Å². The van der Waals surface area contributed by atoms with E-state index < -0.39 is 17.2 Å². The maximum absolute atomic E-state index is 12.6. The molecule has 0 aliphatic heterocycles. The number of amides is 1. The fourth-order valence-corrected chi connectivity index (χ4v) is 3.17. The molecule has 1 heterocycles. The van der Waals surface area contributed by atoms with Gasteiger partial charge >= 0.3 is 0 Å². The van der Waals surface area contributed by atoms with E-state index >= 15 is 0 Å². The molecular weight excluding hydrogens is 436 g/mol. The Labute approximate surface area is 176 Å². The average Bonchev–Trinajstić information content (AvgIpc) is 2.71. The summed E-state index contributed by atoms with van der Waals surface area (Å²) in [4.78, 5) is 27.0. The van der Waals surface area contributed by atoms with Crippen molar-refractivity contribution in [3.05, 3.63) is 75.1 Å². The van der Waals surface area contributed by atoms with Crippen LogP contribution >= 0.6 is 15.9 Å². The Morgan fingerprint density at radius 3 is 2.31 bits per heavy atom. The van der Waals surface area contributed by atoms with E-state index in [0.29, 0.717) is 11.4 Å². The van der Waals surface area contributed by atoms with E-state index in [2.05, 4.69) is 45.1 Å². The van der Waals surface area contributed by atoms with Crippen molar-refractivity contribution in [2.24, 2.45) is 0 Å². The Bertz CT molecular complexity index is 1060. The largest absolute Gasteiger partial charge is 0.505 e. The van der Waals surface area contributed by atoms with Crippen LogP contribution in [0.2, 0.25) is 0 Å². The molecule has 29 heavy (non-hydrogen) atoms. The van der Waals surface area contributed by atoms with Crippen molar-refractivity contribution < 1.29 is 9.90 Å². The fraction of sp³-hybridized carbons (Fsp3) is 0.190. The van der Waals surface area contributed by atoms with Crippen LogP contribution in [0.3, 0.4) is 0 Å². The zero-order valence-corrected chi connectivity index (χ0v) is 17.7. The van der Waals surface area contributed by atoms with Gasteiger partial charge in [-0.25, -0.2) is 0 Å². The quantitative estimate of drug-likeness (QED) is 0.588. The van der Waals surface area contributed by atoms with Gasteiger partial charge in [-0.3, -0.25) is 9.59 Å². The molecule has 0 aliphatic carbocycles. The standard InChI is InChI=1S/C21H21BrN4O3/c1-3-25(4-2)16-11-7-15(8-12-16)23-21(29)20-18(27)13-19(28)26(24-20)17-9-5-14(22)6-10-17/h5-13,27H,3-4H2,1-2H3,(H,23,29). The highest BCUT2D eigenvalue weighted by Crippen LogP contribution is 2.20. The third kappa shape index (κ3) is 4.65. The Hall–Kier alpha value is -3.13. The molecule has 8 heteroatoms. The number of nitrogens with one attached hydrogen (secondary N) is 1. The Morgan fingerprint density at radius 2 is 1.72 bits per heavy atom. The van der Waals surface area contributed by atoms with Crippen molar-refractivity contribution >= 4 is 33.2 Å². The number of anilines is 2. The number of hydrogen-bond donors (Lipinski definition) is 2. The average molecular weight is 457 g/mol. The van der Waals surface area contributed by atoms with Crippen molar-refractivity contribution in [1.82, 2.24) is 9.78 Å². The number of rotatable bonds is 6. The van der Waals surface area contributed by atoms with Crippen molar-refractivity contribution in [1.29, 1.82) is 0 Å². The second-order valence-corrected chi connectivity index (χ2v) is 7.19. The molecular formula is C21H21BrN4O3. The highest BCUT2D eigenvalue weighted by atomic mass is 79.9. The lowest BCUT2D eigenvalue weighted by Gasteiger charge is -2.21. The third-order valence-electron chi connectivity index (χ3n) is 4.45. The number of aromatic hydroxyl groups is 1. The van der Waals surface area contributed by atoms with Crippen molar-refractivity contribution in [3.8, 4) is 11.4 Å². The first-order chi connectivity index (χ1) is 13.9. The van der Waals surface area contributed by atoms with Gasteiger partial charge in [-0.2, -0.15) is 9.78 Å². The summed E-state index contributed by atoms with van der Waals surface area (Å²) in [6.45, 7) is 5.93. The number of carbonyl (C=O) groups excluding carboxylic acids is 1. The number of aromatic nitrogens is 2. The second kappa shape index (κ2) is 8.91. The van der Waals surface area contributed by atoms with E-state index in [-0.39, 0.29) is 5.69 Å². The molecule has 3 aromatic rings. The van der Waals surface area contributed by atoms with Crippen LogP contribution in [0, 0.1) is 0 Å². The molecule has 1 amide bonds. The van der Waals surface area contributed by atoms with Crippen LogP contribution in [0.4, 0.5) is 11.4 Å². The first kappa shape index (κ1) is 20.6. The summed E-state index contributed by atoms with van der Waals surface area (Å²) in [6.07, 6.45) is 0. The summed E-state index contributed by atoms with van der Waals surface area (Å²) < 4.78 is 1.92. The van der Waals surface area contributed by atoms with Gasteiger partial charge in [0.25, 0.3) is 11.5 Å². The van der Waals surface area contributed by atoms with Crippen LogP contribution in [-0.4, -0.2) is 33.9 Å². The molecule has 1 aromatic heterocycles. The summed E-state index contributed by atoms with van der Waals surface area (Å²) in [5, 5.41) is 16.8. The fourth-order valence-electron chi connectivity index (χ4n) is 2.91. The molecule has 0 aliphatic rings. The first-order valence-corrected chi connectivity index (χ1v) is 9.98. The minimum Gasteiger partial charge on any atom is -0.505 e. The monoisotopic (exact) mass is 456 g/mol. The summed E-state index contributed by atoms with van der Waals surface area (Å²) in [5.74, 6) is -1.08. The van der Waals surface area contributed by atoms with E-state index in [1.54, 1.807) is 36.4 Å². The molecule has 0 spiro atoms. The summed E-state index contributed by atoms with van der Waals surface area (Å²) in [5.41, 5.74) is 1.33. The van der Waals surface area contributed by atoms with Crippen molar-refractivity contribution in [3.63, 3.8) is 0 Å². The number of halogens is 1. The zero-order chi connectivity index (χ0) is 21.0. The van der Waals surface area contributed by atoms with E-state index in [4.69, 9.17) is 0 Å². The molecule has 3 rings (SSSR count). The predicted molar refractivity (Wildman–Crippen MR) is 117 cm³/mol. The molecule has 2 aromatic carbocycles. The van der Waals surface area contributed by atoms with Crippen LogP contribution in [-0.2, 0) is 0 Å². The lowest BCUT2D eigenvalue weighted by atomic mass is 10.2. The molecule has 0 saturated heterocycles. The Balaban J connectivity index is 1.86. The third-order valence-corrected chi connectivity index (χ3v) is 4.98. The Morgan fingerprint density at radius 1 is 1.10 bits per heavy atom. The van der Waals surface area contributed by atoms with Gasteiger partial charge < -0.3 is 15.3 Å². The number of carbonyl (C=O) groups is 1. The predicted octanol–water partition coefficient (Wildman–Crippen LogP) is 3.80. The number of benzene rings is 2. The van der Waals surface area contributed by atoms with Gasteiger partial charge in [0.1, 0.15) is 0 Å². The molecule has 7 nitrogen and oxygen atoms in total. The van der Waals surface area contributed by atoms with E-state index in [1.807, 2.05) is 12.1 Å². The van der Waals surface area contributed by atoms with Crippen molar-refractivity contribution in [2.75, 3.05) is 23.3 Å². The summed E-state index contributed by atoms with van der Waals surface area (Å²) in [7, 11) is 0. The van der Waals surface area contributed by atoms with E-state index in [0.717, 1.165) is 34.0 Å². The van der Waals surface area contributed by atoms with Crippen LogP contribution in [0.25, 0.3) is 5.69 Å². The lowest BCUT2D eigenvalue weighted by Crippen LogP contribution is -2.25. The van der Waals surface area contributed by atoms with E-state index in [9.17, 15) is 14.7 Å². The normalized spacial score (nSPS) is 10.6. The van der Waals surface area contributed by atoms with Crippen LogP contribution in [0.15, 0.2) is 63.9 Å². The van der Waals surface area contributed by atoms with Gasteiger partial charge in [0.15, 0.2) is 11.4 Å². The summed E-state index contributed by atoms with van der Waals surface area (Å²) >= 11 is 3.33. The second-order valence-electron chi connectivity index (χ2n) is 6.28. The van der Waals surface area contributed by atoms with Gasteiger partial charge in [-0.15, -0.1) is 0 Å². The maximum Gasteiger partial charge on any atom is 0.279 e. The highest BCUT2D eigenvalue weighted by Gasteiger charge is 2.17. The lowest BCUT2D eigenvalue weighted by molar-refractivity contribution is 0.101. The topological polar surface area (TPSA) is 87.5 Å². The molecule has 0 saturated carbocycles. The smallest absolute Gasteiger partial charge is 0.279 e. The number of nitrogens with zero attached hydrogens (tertiary/aromatic N) is 3. The van der Waals surface area contributed by atoms with Crippen LogP contribution in [0.1, 0.15) is 24.3 Å². The first-order valence-electron chi connectivity index (χ1n) is 9.18. The highest BCUT2D eigenvalue weighted by molar-refractivity contribution is 9.10. The van der Waals surface area contributed by atoms with Gasteiger partial charge in [0, 0.05) is 35.0 Å². The maximum atomic E-state index is 12.6. The zero-order valence-electron chi connectivity index (χ0n) is 16.1. The van der Waals surface area contributed by atoms with Crippen LogP contribution in [0.5, 0.6) is 5.75 Å². The molecule has 0 atom stereocenters. The SMILES string of the molecule is CCN(CC)c1ccc(NC(=O)c2nn(-c3ccc(Br)cc3)c(=O)cc2O)cc1. The van der Waals surface area contributed by atoms with Gasteiger partial charge in [-0.05, 0) is 62.4 Å².